The molecule has 0 aliphatic rings. The topological polar surface area (TPSA) is 149 Å². The van der Waals surface area contributed by atoms with Crippen LogP contribution in [-0.4, -0.2) is 56.0 Å². The standard InChI is InChI=1S/C25H41N5O4/c1-3-17-34-21-12-10-20(11-13-21)18-23(29-19(2)31)25(33)30-22(9-5-7-15-27)24(32)28-16-8-4-6-14-26/h3,10-13,22-23H,1,4-9,14-18,26-27H2,2H3,(H,28,32)(H,29,31)(H,30,33)/t22-,23-/m0/s1. The number of unbranched alkanes of at least 4 members (excludes halogenated alkanes) is 3. The fourth-order valence-corrected chi connectivity index (χ4v) is 3.38. The second-order valence-electron chi connectivity index (χ2n) is 8.19. The number of carbonyl (C=O) groups excluding carboxylic acids is 3. The third-order valence-electron chi connectivity index (χ3n) is 5.19. The lowest BCUT2D eigenvalue weighted by atomic mass is 10.0. The molecule has 0 radical (unpaired) electrons. The van der Waals surface area contributed by atoms with E-state index in [4.69, 9.17) is 16.2 Å². The highest BCUT2D eigenvalue weighted by atomic mass is 16.5. The predicted molar refractivity (Wildman–Crippen MR) is 134 cm³/mol. The highest BCUT2D eigenvalue weighted by molar-refractivity contribution is 5.91. The van der Waals surface area contributed by atoms with Crippen LogP contribution < -0.4 is 32.2 Å². The average Bonchev–Trinajstić information content (AvgIpc) is 2.82. The maximum atomic E-state index is 13.1. The van der Waals surface area contributed by atoms with Crippen molar-refractivity contribution in [1.29, 1.82) is 0 Å². The Balaban J connectivity index is 2.81. The summed E-state index contributed by atoms with van der Waals surface area (Å²) < 4.78 is 5.48. The fraction of sp³-hybridized carbons (Fsp3) is 0.560. The molecule has 1 aromatic rings. The molecule has 0 bridgehead atoms. The molecule has 0 saturated carbocycles. The molecule has 34 heavy (non-hydrogen) atoms. The van der Waals surface area contributed by atoms with Gasteiger partial charge in [-0.3, -0.25) is 14.4 Å². The third-order valence-corrected chi connectivity index (χ3v) is 5.19. The summed E-state index contributed by atoms with van der Waals surface area (Å²) in [6.07, 6.45) is 6.54. The number of carbonyl (C=O) groups is 3. The maximum absolute atomic E-state index is 13.1. The van der Waals surface area contributed by atoms with Gasteiger partial charge in [-0.2, -0.15) is 0 Å². The highest BCUT2D eigenvalue weighted by Crippen LogP contribution is 2.14. The number of nitrogens with one attached hydrogen (secondary N) is 3. The van der Waals surface area contributed by atoms with Crippen molar-refractivity contribution in [2.24, 2.45) is 11.5 Å². The molecular formula is C25H41N5O4. The molecule has 0 spiro atoms. The van der Waals surface area contributed by atoms with Gasteiger partial charge in [0, 0.05) is 19.9 Å². The van der Waals surface area contributed by atoms with Gasteiger partial charge in [0.2, 0.25) is 17.7 Å². The van der Waals surface area contributed by atoms with Crippen molar-refractivity contribution in [3.8, 4) is 5.75 Å². The lowest BCUT2D eigenvalue weighted by molar-refractivity contribution is -0.131. The van der Waals surface area contributed by atoms with Gasteiger partial charge in [0.05, 0.1) is 0 Å². The lowest BCUT2D eigenvalue weighted by Crippen LogP contribution is -2.54. The van der Waals surface area contributed by atoms with Gasteiger partial charge < -0.3 is 32.2 Å². The van der Waals surface area contributed by atoms with Crippen molar-refractivity contribution in [2.75, 3.05) is 26.2 Å². The van der Waals surface area contributed by atoms with E-state index in [0.717, 1.165) is 31.2 Å². The van der Waals surface area contributed by atoms with Crippen LogP contribution in [0.4, 0.5) is 0 Å². The number of hydrogen-bond acceptors (Lipinski definition) is 6. The molecule has 0 aliphatic heterocycles. The Morgan fingerprint density at radius 2 is 1.62 bits per heavy atom. The van der Waals surface area contributed by atoms with Crippen LogP contribution in [0.3, 0.4) is 0 Å². The molecule has 0 aromatic heterocycles. The molecule has 7 N–H and O–H groups in total. The molecule has 2 atom stereocenters. The number of hydrogen-bond donors (Lipinski definition) is 5. The largest absolute Gasteiger partial charge is 0.490 e. The zero-order chi connectivity index (χ0) is 25.2. The molecule has 0 unspecified atom stereocenters. The monoisotopic (exact) mass is 475 g/mol. The summed E-state index contributed by atoms with van der Waals surface area (Å²) in [5.41, 5.74) is 11.9. The van der Waals surface area contributed by atoms with Gasteiger partial charge in [0.1, 0.15) is 24.4 Å². The number of amides is 3. The Labute approximate surface area is 203 Å². The quantitative estimate of drug-likeness (QED) is 0.159. The van der Waals surface area contributed by atoms with E-state index in [1.807, 2.05) is 12.1 Å². The van der Waals surface area contributed by atoms with Gasteiger partial charge in [-0.05, 0) is 62.9 Å². The van der Waals surface area contributed by atoms with Crippen molar-refractivity contribution >= 4 is 17.7 Å². The lowest BCUT2D eigenvalue weighted by Gasteiger charge is -2.23. The summed E-state index contributed by atoms with van der Waals surface area (Å²) in [5.74, 6) is -0.274. The molecule has 0 heterocycles. The van der Waals surface area contributed by atoms with Crippen LogP contribution in [0.15, 0.2) is 36.9 Å². The van der Waals surface area contributed by atoms with E-state index >= 15 is 0 Å². The minimum atomic E-state index is -0.813. The maximum Gasteiger partial charge on any atom is 0.243 e. The van der Waals surface area contributed by atoms with E-state index < -0.39 is 18.0 Å². The highest BCUT2D eigenvalue weighted by Gasteiger charge is 2.26. The van der Waals surface area contributed by atoms with Crippen molar-refractivity contribution in [2.45, 2.75) is 64.0 Å². The summed E-state index contributed by atoms with van der Waals surface area (Å²) in [4.78, 5) is 37.6. The van der Waals surface area contributed by atoms with Crippen LogP contribution in [0, 0.1) is 0 Å². The Kier molecular flexibility index (Phi) is 15.0. The van der Waals surface area contributed by atoms with Gasteiger partial charge in [0.15, 0.2) is 0 Å². The summed E-state index contributed by atoms with van der Waals surface area (Å²) in [5, 5.41) is 8.42. The minimum absolute atomic E-state index is 0.233. The molecule has 9 nitrogen and oxygen atoms in total. The average molecular weight is 476 g/mol. The van der Waals surface area contributed by atoms with Gasteiger partial charge in [-0.15, -0.1) is 0 Å². The van der Waals surface area contributed by atoms with Gasteiger partial charge >= 0.3 is 0 Å². The molecule has 3 amide bonds. The molecule has 1 rings (SSSR count). The van der Waals surface area contributed by atoms with Crippen LogP contribution in [-0.2, 0) is 20.8 Å². The first-order chi connectivity index (χ1) is 16.4. The summed E-state index contributed by atoms with van der Waals surface area (Å²) in [7, 11) is 0. The first-order valence-electron chi connectivity index (χ1n) is 12.0. The second-order valence-corrected chi connectivity index (χ2v) is 8.19. The number of benzene rings is 1. The van der Waals surface area contributed by atoms with Crippen molar-refractivity contribution in [3.05, 3.63) is 42.5 Å². The molecular weight excluding hydrogens is 434 g/mol. The SMILES string of the molecule is C=CCOc1ccc(C[C@H](NC(C)=O)C(=O)N[C@@H](CCCCN)C(=O)NCCCCCN)cc1. The van der Waals surface area contributed by atoms with E-state index in [0.29, 0.717) is 44.8 Å². The predicted octanol–water partition coefficient (Wildman–Crippen LogP) is 1.16. The van der Waals surface area contributed by atoms with Crippen molar-refractivity contribution < 1.29 is 19.1 Å². The van der Waals surface area contributed by atoms with Gasteiger partial charge in [-0.1, -0.05) is 31.2 Å². The fourth-order valence-electron chi connectivity index (χ4n) is 3.38. The van der Waals surface area contributed by atoms with E-state index in [1.54, 1.807) is 18.2 Å². The number of nitrogens with two attached hydrogens (primary N) is 2. The zero-order valence-electron chi connectivity index (χ0n) is 20.3. The summed E-state index contributed by atoms with van der Waals surface area (Å²) in [6.45, 7) is 7.05. The smallest absolute Gasteiger partial charge is 0.243 e. The normalized spacial score (nSPS) is 12.3. The van der Waals surface area contributed by atoms with E-state index in [9.17, 15) is 14.4 Å². The van der Waals surface area contributed by atoms with Crippen LogP contribution in [0.25, 0.3) is 0 Å². The Hall–Kier alpha value is -2.91. The molecule has 1 aromatic carbocycles. The first kappa shape index (κ1) is 29.1. The molecule has 0 fully saturated rings. The van der Waals surface area contributed by atoms with Crippen molar-refractivity contribution in [3.63, 3.8) is 0 Å². The van der Waals surface area contributed by atoms with Crippen LogP contribution >= 0.6 is 0 Å². The minimum Gasteiger partial charge on any atom is -0.490 e. The van der Waals surface area contributed by atoms with Gasteiger partial charge in [-0.25, -0.2) is 0 Å². The van der Waals surface area contributed by atoms with Crippen LogP contribution in [0.5, 0.6) is 5.75 Å². The molecule has 0 aliphatic carbocycles. The third kappa shape index (κ3) is 12.4. The molecule has 9 heteroatoms. The molecule has 190 valence electrons. The summed E-state index contributed by atoms with van der Waals surface area (Å²) in [6, 6.07) is 5.77. The van der Waals surface area contributed by atoms with Crippen LogP contribution in [0.2, 0.25) is 0 Å². The van der Waals surface area contributed by atoms with E-state index in [1.165, 1.54) is 6.92 Å². The van der Waals surface area contributed by atoms with Crippen LogP contribution in [0.1, 0.15) is 51.0 Å². The van der Waals surface area contributed by atoms with Crippen molar-refractivity contribution in [1.82, 2.24) is 16.0 Å². The Bertz CT molecular complexity index is 754. The zero-order valence-corrected chi connectivity index (χ0v) is 20.3. The second kappa shape index (κ2) is 17.6. The van der Waals surface area contributed by atoms with Gasteiger partial charge in [0.25, 0.3) is 0 Å². The Morgan fingerprint density at radius 1 is 0.941 bits per heavy atom. The Morgan fingerprint density at radius 3 is 2.24 bits per heavy atom. The summed E-state index contributed by atoms with van der Waals surface area (Å²) >= 11 is 0. The molecule has 0 saturated heterocycles. The number of ether oxygens (including phenoxy) is 1. The first-order valence-corrected chi connectivity index (χ1v) is 12.0. The number of rotatable bonds is 18. The van der Waals surface area contributed by atoms with E-state index in [2.05, 4.69) is 22.5 Å². The van der Waals surface area contributed by atoms with E-state index in [-0.39, 0.29) is 18.2 Å².